The minimum absolute atomic E-state index is 0. The second-order valence-corrected chi connectivity index (χ2v) is 4.39. The number of ether oxygens (including phenoxy) is 1. The van der Waals surface area contributed by atoms with Crippen LogP contribution < -0.4 is 10.6 Å². The Morgan fingerprint density at radius 1 is 1.41 bits per heavy atom. The second-order valence-electron chi connectivity index (χ2n) is 4.39. The largest absolute Gasteiger partial charge is 0.385 e. The standard InChI is InChI=1S/C15H21FN4O.HI/c1-3-18-15(19-7-4-8-21-2)20-11-13-9-12(10-17)5-6-14(13)16;/h5-6,9H,3-4,7-8,11H2,1-2H3,(H2,18,19,20);1H. The zero-order chi connectivity index (χ0) is 15.5. The van der Waals surface area contributed by atoms with Crippen molar-refractivity contribution in [3.05, 3.63) is 35.1 Å². The number of benzene rings is 1. The maximum atomic E-state index is 13.7. The van der Waals surface area contributed by atoms with Gasteiger partial charge >= 0.3 is 0 Å². The van der Waals surface area contributed by atoms with E-state index in [1.165, 1.54) is 18.2 Å². The Morgan fingerprint density at radius 3 is 2.82 bits per heavy atom. The number of nitrogens with zero attached hydrogens (tertiary/aromatic N) is 2. The number of guanidine groups is 1. The molecule has 122 valence electrons. The van der Waals surface area contributed by atoms with Gasteiger partial charge in [-0.3, -0.25) is 0 Å². The first-order chi connectivity index (χ1) is 10.2. The summed E-state index contributed by atoms with van der Waals surface area (Å²) in [6.07, 6.45) is 0.860. The lowest BCUT2D eigenvalue weighted by molar-refractivity contribution is 0.195. The fraction of sp³-hybridized carbons (Fsp3) is 0.467. The highest BCUT2D eigenvalue weighted by atomic mass is 127. The number of rotatable bonds is 7. The maximum Gasteiger partial charge on any atom is 0.191 e. The van der Waals surface area contributed by atoms with Crippen molar-refractivity contribution in [1.82, 2.24) is 10.6 Å². The van der Waals surface area contributed by atoms with Gasteiger partial charge in [0.15, 0.2) is 5.96 Å². The van der Waals surface area contributed by atoms with Crippen molar-refractivity contribution >= 4 is 29.9 Å². The summed E-state index contributed by atoms with van der Waals surface area (Å²) in [6, 6.07) is 6.27. The van der Waals surface area contributed by atoms with Crippen LogP contribution in [0.15, 0.2) is 23.2 Å². The van der Waals surface area contributed by atoms with Crippen molar-refractivity contribution in [3.8, 4) is 6.07 Å². The molecule has 0 saturated carbocycles. The molecule has 0 aromatic heterocycles. The third-order valence-corrected chi connectivity index (χ3v) is 2.74. The first-order valence-corrected chi connectivity index (χ1v) is 6.91. The van der Waals surface area contributed by atoms with Crippen LogP contribution in [0.3, 0.4) is 0 Å². The highest BCUT2D eigenvalue weighted by Gasteiger charge is 2.04. The molecule has 2 N–H and O–H groups in total. The molecule has 5 nitrogen and oxygen atoms in total. The third kappa shape index (κ3) is 7.56. The number of methoxy groups -OCH3 is 1. The first kappa shape index (κ1) is 20.6. The highest BCUT2D eigenvalue weighted by molar-refractivity contribution is 14.0. The maximum absolute atomic E-state index is 13.7. The minimum Gasteiger partial charge on any atom is -0.385 e. The molecule has 0 saturated heterocycles. The van der Waals surface area contributed by atoms with Gasteiger partial charge in [0.1, 0.15) is 5.82 Å². The fourth-order valence-corrected chi connectivity index (χ4v) is 1.69. The second kappa shape index (κ2) is 12.2. The lowest BCUT2D eigenvalue weighted by Gasteiger charge is -2.11. The molecule has 0 fully saturated rings. The summed E-state index contributed by atoms with van der Waals surface area (Å²) < 4.78 is 18.6. The van der Waals surface area contributed by atoms with E-state index in [0.717, 1.165) is 19.5 Å². The van der Waals surface area contributed by atoms with E-state index < -0.39 is 0 Å². The van der Waals surface area contributed by atoms with Crippen LogP contribution in [0.25, 0.3) is 0 Å². The summed E-state index contributed by atoms with van der Waals surface area (Å²) in [5, 5.41) is 15.1. The smallest absolute Gasteiger partial charge is 0.191 e. The minimum atomic E-state index is -0.354. The molecule has 0 aliphatic rings. The van der Waals surface area contributed by atoms with Crippen molar-refractivity contribution in [2.45, 2.75) is 19.9 Å². The van der Waals surface area contributed by atoms with Gasteiger partial charge in [0.25, 0.3) is 0 Å². The predicted octanol–water partition coefficient (Wildman–Crippen LogP) is 2.41. The molecule has 0 amide bonds. The van der Waals surface area contributed by atoms with Crippen molar-refractivity contribution in [2.75, 3.05) is 26.8 Å². The SMILES string of the molecule is CCNC(=NCc1cc(C#N)ccc1F)NCCCOC.I. The monoisotopic (exact) mass is 420 g/mol. The molecule has 1 aromatic rings. The molecular weight excluding hydrogens is 398 g/mol. The average molecular weight is 420 g/mol. The molecule has 0 bridgehead atoms. The molecule has 1 rings (SSSR count). The molecule has 1 aromatic carbocycles. The van der Waals surface area contributed by atoms with Crippen LogP contribution in [0.4, 0.5) is 4.39 Å². The summed E-state index contributed by atoms with van der Waals surface area (Å²) >= 11 is 0. The Hall–Kier alpha value is -1.40. The van der Waals surface area contributed by atoms with Gasteiger partial charge in [-0.2, -0.15) is 5.26 Å². The van der Waals surface area contributed by atoms with Crippen LogP contribution in [0, 0.1) is 17.1 Å². The molecule has 0 spiro atoms. The van der Waals surface area contributed by atoms with Crippen molar-refractivity contribution in [1.29, 1.82) is 5.26 Å². The van der Waals surface area contributed by atoms with Crippen LogP contribution in [-0.2, 0) is 11.3 Å². The van der Waals surface area contributed by atoms with Crippen molar-refractivity contribution in [3.63, 3.8) is 0 Å². The third-order valence-electron chi connectivity index (χ3n) is 2.74. The van der Waals surface area contributed by atoms with E-state index in [-0.39, 0.29) is 36.3 Å². The normalized spacial score (nSPS) is 10.5. The summed E-state index contributed by atoms with van der Waals surface area (Å²) in [5.74, 6) is 0.267. The Balaban J connectivity index is 0.00000441. The van der Waals surface area contributed by atoms with E-state index in [2.05, 4.69) is 15.6 Å². The van der Waals surface area contributed by atoms with E-state index in [9.17, 15) is 4.39 Å². The van der Waals surface area contributed by atoms with Gasteiger partial charge in [0.05, 0.1) is 18.2 Å². The van der Waals surface area contributed by atoms with E-state index in [4.69, 9.17) is 10.00 Å². The Kier molecular flexibility index (Phi) is 11.4. The van der Waals surface area contributed by atoms with Crippen molar-refractivity contribution < 1.29 is 9.13 Å². The number of aliphatic imine (C=N–C) groups is 1. The van der Waals surface area contributed by atoms with Crippen LogP contribution in [0.5, 0.6) is 0 Å². The van der Waals surface area contributed by atoms with Gasteiger partial charge in [-0.1, -0.05) is 0 Å². The van der Waals surface area contributed by atoms with Crippen LogP contribution in [-0.4, -0.2) is 32.8 Å². The van der Waals surface area contributed by atoms with E-state index in [1.54, 1.807) is 7.11 Å². The molecule has 0 unspecified atom stereocenters. The zero-order valence-electron chi connectivity index (χ0n) is 12.9. The van der Waals surface area contributed by atoms with E-state index >= 15 is 0 Å². The van der Waals surface area contributed by atoms with Gasteiger partial charge in [-0.15, -0.1) is 24.0 Å². The molecule has 7 heteroatoms. The topological polar surface area (TPSA) is 69.4 Å². The van der Waals surface area contributed by atoms with Crippen LogP contribution >= 0.6 is 24.0 Å². The number of hydrogen-bond acceptors (Lipinski definition) is 3. The molecule has 0 radical (unpaired) electrons. The average Bonchev–Trinajstić information content (AvgIpc) is 2.50. The fourth-order valence-electron chi connectivity index (χ4n) is 1.69. The van der Waals surface area contributed by atoms with E-state index in [1.807, 2.05) is 13.0 Å². The lowest BCUT2D eigenvalue weighted by atomic mass is 10.1. The molecule has 0 aliphatic heterocycles. The summed E-state index contributed by atoms with van der Waals surface area (Å²) in [5.41, 5.74) is 0.836. The Labute approximate surface area is 148 Å². The summed E-state index contributed by atoms with van der Waals surface area (Å²) in [7, 11) is 1.66. The van der Waals surface area contributed by atoms with Crippen LogP contribution in [0.2, 0.25) is 0 Å². The number of hydrogen-bond donors (Lipinski definition) is 2. The number of nitrogens with one attached hydrogen (secondary N) is 2. The number of nitriles is 1. The molecular formula is C15H22FIN4O. The van der Waals surface area contributed by atoms with Gasteiger partial charge in [0, 0.05) is 32.4 Å². The first-order valence-electron chi connectivity index (χ1n) is 6.91. The summed E-state index contributed by atoms with van der Waals surface area (Å²) in [4.78, 5) is 4.32. The van der Waals surface area contributed by atoms with Gasteiger partial charge in [-0.05, 0) is 31.5 Å². The van der Waals surface area contributed by atoms with Gasteiger partial charge in [-0.25, -0.2) is 9.38 Å². The number of halogens is 2. The Morgan fingerprint density at radius 2 is 2.18 bits per heavy atom. The predicted molar refractivity (Wildman–Crippen MR) is 95.8 cm³/mol. The molecule has 0 aliphatic carbocycles. The molecule has 22 heavy (non-hydrogen) atoms. The van der Waals surface area contributed by atoms with Crippen LogP contribution in [0.1, 0.15) is 24.5 Å². The van der Waals surface area contributed by atoms with Crippen molar-refractivity contribution in [2.24, 2.45) is 4.99 Å². The van der Waals surface area contributed by atoms with Gasteiger partial charge in [0.2, 0.25) is 0 Å². The zero-order valence-corrected chi connectivity index (χ0v) is 15.2. The van der Waals surface area contributed by atoms with E-state index in [0.29, 0.717) is 23.7 Å². The molecule has 0 heterocycles. The highest BCUT2D eigenvalue weighted by Crippen LogP contribution is 2.11. The summed E-state index contributed by atoms with van der Waals surface area (Å²) in [6.45, 7) is 4.26. The Bertz CT molecular complexity index is 517. The molecule has 0 atom stereocenters. The quantitative estimate of drug-likeness (QED) is 0.308. The lowest BCUT2D eigenvalue weighted by Crippen LogP contribution is -2.38. The van der Waals surface area contributed by atoms with Gasteiger partial charge < -0.3 is 15.4 Å².